The van der Waals surface area contributed by atoms with Crippen molar-refractivity contribution in [1.82, 2.24) is 0 Å². The Kier molecular flexibility index (Phi) is 4.48. The lowest BCUT2D eigenvalue weighted by molar-refractivity contribution is 1.44. The first kappa shape index (κ1) is 16.3. The van der Waals surface area contributed by atoms with Crippen LogP contribution in [0, 0.1) is 0 Å². The summed E-state index contributed by atoms with van der Waals surface area (Å²) in [6.45, 7) is 0. The van der Waals surface area contributed by atoms with Crippen LogP contribution in [0.5, 0.6) is 0 Å². The van der Waals surface area contributed by atoms with Gasteiger partial charge in [0.25, 0.3) is 0 Å². The number of nitrogens with one attached hydrogen (secondary N) is 1. The van der Waals surface area contributed by atoms with Gasteiger partial charge in [-0.15, -0.1) is 0 Å². The number of hydrogen-bond acceptors (Lipinski definition) is 5. The highest BCUT2D eigenvalue weighted by atomic mass is 14.9. The predicted octanol–water partition coefficient (Wildman–Crippen LogP) is 3.34. The summed E-state index contributed by atoms with van der Waals surface area (Å²) in [7, 11) is 0. The summed E-state index contributed by atoms with van der Waals surface area (Å²) in [6, 6.07) is 22.8. The number of nitrogen functional groups attached to an aromatic ring is 2. The van der Waals surface area contributed by atoms with E-state index in [1.807, 2.05) is 60.7 Å². The third-order valence-corrected chi connectivity index (χ3v) is 3.99. The van der Waals surface area contributed by atoms with Crippen molar-refractivity contribution in [3.8, 4) is 0 Å². The molecule has 0 saturated carbocycles. The maximum absolute atomic E-state index is 6.34. The fourth-order valence-electron chi connectivity index (χ4n) is 2.59. The lowest BCUT2D eigenvalue weighted by Gasteiger charge is -2.17. The van der Waals surface area contributed by atoms with Crippen LogP contribution in [-0.4, -0.2) is 0 Å². The van der Waals surface area contributed by atoms with Gasteiger partial charge in [-0.1, -0.05) is 48.5 Å². The highest BCUT2D eigenvalue weighted by Crippen LogP contribution is 2.35. The van der Waals surface area contributed by atoms with Crippen LogP contribution in [-0.2, 0) is 0 Å². The van der Waals surface area contributed by atoms with Gasteiger partial charge in [0.1, 0.15) is 0 Å². The Morgan fingerprint density at radius 2 is 1.28 bits per heavy atom. The van der Waals surface area contributed by atoms with Gasteiger partial charge in [0.15, 0.2) is 0 Å². The van der Waals surface area contributed by atoms with Crippen LogP contribution < -0.4 is 28.3 Å². The van der Waals surface area contributed by atoms with E-state index < -0.39 is 0 Å². The smallest absolute Gasteiger partial charge is 0.0858 e. The summed E-state index contributed by atoms with van der Waals surface area (Å²) in [6.07, 6.45) is 0. The molecule has 5 nitrogen and oxygen atoms in total. The van der Waals surface area contributed by atoms with Crippen molar-refractivity contribution in [3.63, 3.8) is 0 Å². The van der Waals surface area contributed by atoms with Gasteiger partial charge in [0.05, 0.1) is 28.5 Å². The molecule has 25 heavy (non-hydrogen) atoms. The monoisotopic (exact) mass is 331 g/mol. The standard InChI is InChI=1S/C20H21N5/c21-16-12-11-15(18(23)17(22)13-7-3-1-4-8-13)19(24)20(16)25-14-9-5-2-6-10-14/h1-12,25H,21-24H2. The molecule has 0 amide bonds. The molecule has 0 bridgehead atoms. The minimum atomic E-state index is 0.416. The largest absolute Gasteiger partial charge is 0.397 e. The van der Waals surface area contributed by atoms with E-state index in [-0.39, 0.29) is 0 Å². The Labute approximate surface area is 146 Å². The van der Waals surface area contributed by atoms with Crippen LogP contribution in [0.4, 0.5) is 22.7 Å². The molecule has 0 aliphatic carbocycles. The minimum absolute atomic E-state index is 0.416. The fraction of sp³-hybridized carbons (Fsp3) is 0. The Balaban J connectivity index is 2.05. The van der Waals surface area contributed by atoms with Crippen LogP contribution in [0.15, 0.2) is 72.8 Å². The van der Waals surface area contributed by atoms with Gasteiger partial charge in [-0.25, -0.2) is 0 Å². The first-order valence-electron chi connectivity index (χ1n) is 7.89. The molecule has 3 rings (SSSR count). The molecule has 0 saturated heterocycles. The van der Waals surface area contributed by atoms with Gasteiger partial charge < -0.3 is 28.3 Å². The first-order chi connectivity index (χ1) is 12.1. The van der Waals surface area contributed by atoms with Gasteiger partial charge in [-0.05, 0) is 29.8 Å². The van der Waals surface area contributed by atoms with Crippen LogP contribution in [0.2, 0.25) is 0 Å². The van der Waals surface area contributed by atoms with Gasteiger partial charge in [-0.2, -0.15) is 0 Å². The summed E-state index contributed by atoms with van der Waals surface area (Å²) in [5.74, 6) is 0. The van der Waals surface area contributed by atoms with E-state index in [2.05, 4.69) is 5.32 Å². The maximum Gasteiger partial charge on any atom is 0.0858 e. The normalized spacial score (nSPS) is 11.7. The minimum Gasteiger partial charge on any atom is -0.397 e. The number of rotatable bonds is 4. The van der Waals surface area contributed by atoms with E-state index in [1.165, 1.54) is 0 Å². The van der Waals surface area contributed by atoms with Crippen molar-refractivity contribution in [1.29, 1.82) is 0 Å². The average molecular weight is 331 g/mol. The van der Waals surface area contributed by atoms with Crippen molar-refractivity contribution in [2.45, 2.75) is 0 Å². The molecule has 0 heterocycles. The van der Waals surface area contributed by atoms with Crippen molar-refractivity contribution >= 4 is 34.1 Å². The van der Waals surface area contributed by atoms with Crippen molar-refractivity contribution < 1.29 is 0 Å². The SMILES string of the molecule is NC(=C(N)c1ccc(N)c(Nc2ccccc2)c1N)c1ccccc1. The quantitative estimate of drug-likeness (QED) is 0.371. The predicted molar refractivity (Wildman–Crippen MR) is 107 cm³/mol. The molecule has 0 fully saturated rings. The molecule has 0 unspecified atom stereocenters. The Hall–Kier alpha value is -3.60. The number of para-hydroxylation sites is 1. The molecular weight excluding hydrogens is 310 g/mol. The molecule has 3 aromatic carbocycles. The number of nitrogens with two attached hydrogens (primary N) is 4. The maximum atomic E-state index is 6.34. The molecule has 0 aliphatic rings. The van der Waals surface area contributed by atoms with Gasteiger partial charge in [-0.3, -0.25) is 0 Å². The van der Waals surface area contributed by atoms with E-state index in [9.17, 15) is 0 Å². The summed E-state index contributed by atoms with van der Waals surface area (Å²) < 4.78 is 0. The Bertz CT molecular complexity index is 902. The Morgan fingerprint density at radius 1 is 0.680 bits per heavy atom. The summed E-state index contributed by atoms with van der Waals surface area (Å²) in [4.78, 5) is 0. The molecule has 5 heteroatoms. The van der Waals surface area contributed by atoms with Crippen LogP contribution >= 0.6 is 0 Å². The van der Waals surface area contributed by atoms with Crippen molar-refractivity contribution in [2.75, 3.05) is 16.8 Å². The van der Waals surface area contributed by atoms with E-state index in [0.29, 0.717) is 34.0 Å². The molecule has 9 N–H and O–H groups in total. The third-order valence-electron chi connectivity index (χ3n) is 3.99. The van der Waals surface area contributed by atoms with Crippen molar-refractivity contribution in [2.24, 2.45) is 11.5 Å². The summed E-state index contributed by atoms with van der Waals surface area (Å²) in [5, 5.41) is 3.25. The highest BCUT2D eigenvalue weighted by Gasteiger charge is 2.14. The second-order valence-electron chi connectivity index (χ2n) is 5.68. The molecule has 0 spiro atoms. The van der Waals surface area contributed by atoms with E-state index in [4.69, 9.17) is 22.9 Å². The number of benzene rings is 3. The summed E-state index contributed by atoms with van der Waals surface area (Å²) in [5.41, 5.74) is 29.8. The third kappa shape index (κ3) is 3.35. The Morgan fingerprint density at radius 3 is 1.92 bits per heavy atom. The molecular formula is C20H21N5. The lowest BCUT2D eigenvalue weighted by atomic mass is 10.0. The highest BCUT2D eigenvalue weighted by molar-refractivity contribution is 5.97. The van der Waals surface area contributed by atoms with Crippen LogP contribution in [0.3, 0.4) is 0 Å². The average Bonchev–Trinajstić information content (AvgIpc) is 2.65. The topological polar surface area (TPSA) is 116 Å². The second-order valence-corrected chi connectivity index (χ2v) is 5.68. The molecule has 0 atom stereocenters. The van der Waals surface area contributed by atoms with Gasteiger partial charge >= 0.3 is 0 Å². The van der Waals surface area contributed by atoms with E-state index in [0.717, 1.165) is 11.3 Å². The van der Waals surface area contributed by atoms with Crippen LogP contribution in [0.25, 0.3) is 11.4 Å². The number of anilines is 4. The fourth-order valence-corrected chi connectivity index (χ4v) is 2.59. The van der Waals surface area contributed by atoms with Crippen molar-refractivity contribution in [3.05, 3.63) is 83.9 Å². The summed E-state index contributed by atoms with van der Waals surface area (Å²) >= 11 is 0. The first-order valence-corrected chi connectivity index (χ1v) is 7.89. The second kappa shape index (κ2) is 6.88. The lowest BCUT2D eigenvalue weighted by Crippen LogP contribution is -2.11. The number of hydrogen-bond donors (Lipinski definition) is 5. The zero-order valence-corrected chi connectivity index (χ0v) is 13.7. The zero-order chi connectivity index (χ0) is 17.8. The van der Waals surface area contributed by atoms with Gasteiger partial charge in [0.2, 0.25) is 0 Å². The van der Waals surface area contributed by atoms with Crippen LogP contribution in [0.1, 0.15) is 11.1 Å². The molecule has 3 aromatic rings. The molecule has 0 aliphatic heterocycles. The molecule has 126 valence electrons. The zero-order valence-electron chi connectivity index (χ0n) is 13.7. The van der Waals surface area contributed by atoms with E-state index in [1.54, 1.807) is 12.1 Å². The molecule has 0 radical (unpaired) electrons. The molecule has 0 aromatic heterocycles. The van der Waals surface area contributed by atoms with Gasteiger partial charge in [0, 0.05) is 11.3 Å². The van der Waals surface area contributed by atoms with E-state index >= 15 is 0 Å².